The number of anilines is 1. The molecule has 1 unspecified atom stereocenters. The maximum Gasteiger partial charge on any atom is 0.564 e. The van der Waals surface area contributed by atoms with E-state index in [0.29, 0.717) is 18.3 Å². The Kier molecular flexibility index (Phi) is 6.61. The molecule has 0 fully saturated rings. The molecular formula is C15H21ClN3O3S. The van der Waals surface area contributed by atoms with E-state index in [4.69, 9.17) is 0 Å². The molecule has 1 aliphatic rings. The number of nitrogens with one attached hydrogen (secondary N) is 1. The van der Waals surface area contributed by atoms with Crippen LogP contribution >= 0.6 is 0 Å². The van der Waals surface area contributed by atoms with Crippen molar-refractivity contribution in [1.82, 2.24) is 9.80 Å². The number of rotatable bonds is 6. The fourth-order valence-corrected chi connectivity index (χ4v) is 2.60. The Hall–Kier alpha value is -1.57. The summed E-state index contributed by atoms with van der Waals surface area (Å²) in [4.78, 5) is 3.74. The molecule has 1 atom stereocenters. The van der Waals surface area contributed by atoms with E-state index in [1.165, 1.54) is 0 Å². The van der Waals surface area contributed by atoms with Gasteiger partial charge in [0.15, 0.2) is 0 Å². The molecule has 0 aromatic heterocycles. The lowest BCUT2D eigenvalue weighted by atomic mass is 10.1. The second kappa shape index (κ2) is 7.81. The van der Waals surface area contributed by atoms with Crippen LogP contribution in [0.25, 0.3) is 0 Å². The number of hydrogen-bond acceptors (Lipinski definition) is 5. The number of sulfonamides is 1. The molecule has 0 bridgehead atoms. The summed E-state index contributed by atoms with van der Waals surface area (Å²) >= 11 is 0. The molecule has 0 amide bonds. The van der Waals surface area contributed by atoms with Crippen LogP contribution in [0.15, 0.2) is 36.7 Å². The van der Waals surface area contributed by atoms with Crippen molar-refractivity contribution >= 4 is 15.7 Å². The highest BCUT2D eigenvalue weighted by atomic mass is 35.5. The van der Waals surface area contributed by atoms with Gasteiger partial charge in [-0.2, -0.15) is 0 Å². The van der Waals surface area contributed by atoms with E-state index in [9.17, 15) is 13.5 Å². The normalized spacial score (nSPS) is 15.3. The van der Waals surface area contributed by atoms with Crippen LogP contribution in [0, 0.1) is 6.67 Å². The average Bonchev–Trinajstić information content (AvgIpc) is 2.86. The van der Waals surface area contributed by atoms with Gasteiger partial charge in [-0.3, -0.25) is 4.72 Å². The van der Waals surface area contributed by atoms with Crippen molar-refractivity contribution < 1.29 is 25.9 Å². The van der Waals surface area contributed by atoms with Crippen LogP contribution in [0.3, 0.4) is 0 Å². The Labute approximate surface area is 144 Å². The van der Waals surface area contributed by atoms with Gasteiger partial charge in [0.05, 0.1) is 31.2 Å². The number of hydrogen-bond donors (Lipinski definition) is 2. The molecule has 2 rings (SSSR count). The lowest BCUT2D eigenvalue weighted by Crippen LogP contribution is -3.00. The zero-order valence-corrected chi connectivity index (χ0v) is 14.8. The smallest absolute Gasteiger partial charge is 0.564 e. The van der Waals surface area contributed by atoms with Gasteiger partial charge in [0, 0.05) is 5.69 Å². The van der Waals surface area contributed by atoms with Crippen LogP contribution < -0.4 is 17.1 Å². The van der Waals surface area contributed by atoms with Gasteiger partial charge in [-0.1, -0.05) is 12.1 Å². The van der Waals surface area contributed by atoms with Crippen LogP contribution in [0.4, 0.5) is 5.69 Å². The van der Waals surface area contributed by atoms with E-state index in [-0.39, 0.29) is 12.4 Å². The van der Waals surface area contributed by atoms with Gasteiger partial charge >= 0.3 is 6.67 Å². The van der Waals surface area contributed by atoms with Gasteiger partial charge in [0.25, 0.3) is 0 Å². The summed E-state index contributed by atoms with van der Waals surface area (Å²) in [6.07, 6.45) is 4.19. The molecule has 23 heavy (non-hydrogen) atoms. The summed E-state index contributed by atoms with van der Waals surface area (Å²) in [5, 5.41) is 10.3. The molecule has 1 heterocycles. The summed E-state index contributed by atoms with van der Waals surface area (Å²) in [6, 6.07) is 7.00. The van der Waals surface area contributed by atoms with Crippen molar-refractivity contribution in [3.05, 3.63) is 48.9 Å². The number of halogens is 1. The molecule has 8 heteroatoms. The second-order valence-electron chi connectivity index (χ2n) is 5.56. The van der Waals surface area contributed by atoms with E-state index in [1.807, 2.05) is 17.3 Å². The lowest BCUT2D eigenvalue weighted by Gasteiger charge is -2.13. The molecule has 1 radical (unpaired) electrons. The number of aliphatic hydroxyl groups is 1. The summed E-state index contributed by atoms with van der Waals surface area (Å²) in [7, 11) is -3.29. The zero-order chi connectivity index (χ0) is 16.3. The van der Waals surface area contributed by atoms with E-state index < -0.39 is 16.1 Å². The molecule has 0 saturated heterocycles. The first-order chi connectivity index (χ1) is 10.2. The van der Waals surface area contributed by atoms with Crippen molar-refractivity contribution in [1.29, 1.82) is 0 Å². The Balaban J connectivity index is 0.00000264. The standard InChI is InChI=1S/C15H21N3O3S.ClH/c1-12(2)18-9-8-17(11-18)10-15(19)13-4-6-14(7-5-13)16-22(3,20)21;/h4-9,12,15-16,19H,10H2,1-3H3;1H/q+1;/p-1. The van der Waals surface area contributed by atoms with Crippen LogP contribution in [-0.2, 0) is 10.0 Å². The molecule has 0 spiro atoms. The van der Waals surface area contributed by atoms with Gasteiger partial charge in [-0.05, 0) is 31.5 Å². The van der Waals surface area contributed by atoms with E-state index in [1.54, 1.807) is 29.2 Å². The maximum atomic E-state index is 11.1. The molecular weight excluding hydrogens is 338 g/mol. The van der Waals surface area contributed by atoms with Gasteiger partial charge in [-0.15, -0.1) is 9.80 Å². The molecule has 1 aromatic carbocycles. The monoisotopic (exact) mass is 358 g/mol. The second-order valence-corrected chi connectivity index (χ2v) is 7.31. The maximum absolute atomic E-state index is 11.1. The average molecular weight is 359 g/mol. The van der Waals surface area contributed by atoms with Crippen LogP contribution in [0.1, 0.15) is 25.5 Å². The molecule has 1 aliphatic heterocycles. The fourth-order valence-electron chi connectivity index (χ4n) is 2.04. The summed E-state index contributed by atoms with van der Waals surface area (Å²) < 4.78 is 24.7. The van der Waals surface area contributed by atoms with Crippen LogP contribution in [0.5, 0.6) is 0 Å². The summed E-state index contributed by atoms with van der Waals surface area (Å²) in [5.74, 6) is 0. The number of β-amino-alcohol motifs (C(OH)–C–C–N with tert-alkyl or cyclic N) is 1. The minimum absolute atomic E-state index is 0. The predicted molar refractivity (Wildman–Crippen MR) is 85.9 cm³/mol. The minimum Gasteiger partial charge on any atom is -1.00 e. The SMILES string of the molecule is CC(C)N1[C+]N(CC(O)c2ccc(NS(C)(=O)=O)cc2)C=C1.[Cl-]. The van der Waals surface area contributed by atoms with Crippen molar-refractivity contribution in [2.24, 2.45) is 0 Å². The molecule has 0 saturated carbocycles. The third kappa shape index (κ3) is 5.85. The number of aliphatic hydroxyl groups excluding tert-OH is 1. The highest BCUT2D eigenvalue weighted by Crippen LogP contribution is 2.21. The Bertz CT molecular complexity index is 632. The molecule has 0 aliphatic carbocycles. The highest BCUT2D eigenvalue weighted by Gasteiger charge is 2.34. The number of nitrogens with zero attached hydrogens (tertiary/aromatic N) is 2. The predicted octanol–water partition coefficient (Wildman–Crippen LogP) is -1.41. The van der Waals surface area contributed by atoms with E-state index in [2.05, 4.69) is 25.2 Å². The fraction of sp³-hybridized carbons (Fsp3) is 0.400. The Morgan fingerprint density at radius 3 is 2.30 bits per heavy atom. The first-order valence-corrected chi connectivity index (χ1v) is 8.89. The summed E-state index contributed by atoms with van der Waals surface area (Å²) in [6.45, 7) is 7.65. The summed E-state index contributed by atoms with van der Waals surface area (Å²) in [5.41, 5.74) is 1.20. The lowest BCUT2D eigenvalue weighted by molar-refractivity contribution is -0.00000900. The minimum atomic E-state index is -3.29. The third-order valence-corrected chi connectivity index (χ3v) is 3.78. The first-order valence-electron chi connectivity index (χ1n) is 7.00. The van der Waals surface area contributed by atoms with Crippen molar-refractivity contribution in [3.63, 3.8) is 0 Å². The molecule has 6 nitrogen and oxygen atoms in total. The molecule has 1 aromatic rings. The van der Waals surface area contributed by atoms with E-state index in [0.717, 1.165) is 11.8 Å². The van der Waals surface area contributed by atoms with Gasteiger partial charge in [-0.25, -0.2) is 8.42 Å². The Morgan fingerprint density at radius 1 is 1.22 bits per heavy atom. The topological polar surface area (TPSA) is 72.9 Å². The van der Waals surface area contributed by atoms with Gasteiger partial charge < -0.3 is 17.5 Å². The molecule has 127 valence electrons. The largest absolute Gasteiger partial charge is 1.00 e. The third-order valence-electron chi connectivity index (χ3n) is 3.18. The van der Waals surface area contributed by atoms with Crippen LogP contribution in [0.2, 0.25) is 0 Å². The molecule has 2 N–H and O–H groups in total. The highest BCUT2D eigenvalue weighted by molar-refractivity contribution is 7.92. The first kappa shape index (κ1) is 19.5. The van der Waals surface area contributed by atoms with Crippen molar-refractivity contribution in [3.8, 4) is 0 Å². The quantitative estimate of drug-likeness (QED) is 0.611. The van der Waals surface area contributed by atoms with Gasteiger partial charge in [0.1, 0.15) is 6.10 Å². The Morgan fingerprint density at radius 2 is 1.83 bits per heavy atom. The zero-order valence-electron chi connectivity index (χ0n) is 13.3. The van der Waals surface area contributed by atoms with Crippen LogP contribution in [-0.4, -0.2) is 42.2 Å². The van der Waals surface area contributed by atoms with Crippen molar-refractivity contribution in [2.75, 3.05) is 17.5 Å². The van der Waals surface area contributed by atoms with Gasteiger partial charge in [0.2, 0.25) is 10.0 Å². The number of benzene rings is 1. The van der Waals surface area contributed by atoms with Crippen molar-refractivity contribution in [2.45, 2.75) is 26.0 Å². The van der Waals surface area contributed by atoms with E-state index >= 15 is 0 Å².